The van der Waals surface area contributed by atoms with Crippen molar-refractivity contribution < 1.29 is 28.4 Å². The van der Waals surface area contributed by atoms with E-state index in [-0.39, 0.29) is 18.1 Å². The number of rotatable bonds is 12. The van der Waals surface area contributed by atoms with Crippen molar-refractivity contribution in [3.63, 3.8) is 0 Å². The van der Waals surface area contributed by atoms with Crippen LogP contribution in [0.1, 0.15) is 23.5 Å². The van der Waals surface area contributed by atoms with Crippen LogP contribution in [0.4, 0.5) is 5.69 Å². The smallest absolute Gasteiger partial charge is 0.142 e. The van der Waals surface area contributed by atoms with Crippen LogP contribution in [0.25, 0.3) is 0 Å². The van der Waals surface area contributed by atoms with Gasteiger partial charge in [-0.05, 0) is 41.8 Å². The summed E-state index contributed by atoms with van der Waals surface area (Å²) in [5.74, 6) is 8.33. The maximum atomic E-state index is 6.65. The van der Waals surface area contributed by atoms with E-state index in [2.05, 4.69) is 57.3 Å². The summed E-state index contributed by atoms with van der Waals surface area (Å²) in [7, 11) is 3.44. The number of nitrogens with zero attached hydrogens (tertiary/aromatic N) is 2. The molecular formula is C33H45N3O6. The molecule has 3 aliphatic rings. The van der Waals surface area contributed by atoms with Crippen molar-refractivity contribution in [2.45, 2.75) is 31.2 Å². The molecule has 3 aliphatic heterocycles. The average molecular weight is 580 g/mol. The van der Waals surface area contributed by atoms with Crippen LogP contribution in [0.3, 0.4) is 0 Å². The van der Waals surface area contributed by atoms with Crippen molar-refractivity contribution in [1.29, 1.82) is 0 Å². The van der Waals surface area contributed by atoms with Crippen molar-refractivity contribution in [1.82, 2.24) is 10.2 Å². The minimum absolute atomic E-state index is 0.0599. The van der Waals surface area contributed by atoms with Gasteiger partial charge in [-0.2, -0.15) is 0 Å². The fourth-order valence-electron chi connectivity index (χ4n) is 5.81. The molecule has 3 heterocycles. The highest BCUT2D eigenvalue weighted by Gasteiger charge is 2.36. The largest absolute Gasteiger partial charge is 0.497 e. The van der Waals surface area contributed by atoms with E-state index in [0.29, 0.717) is 19.8 Å². The number of hydrogen-bond donors (Lipinski definition) is 1. The Bertz CT molecular complexity index is 1160. The first-order chi connectivity index (χ1) is 20.7. The van der Waals surface area contributed by atoms with Crippen molar-refractivity contribution in [2.75, 3.05) is 98.0 Å². The molecule has 0 aliphatic carbocycles. The lowest BCUT2D eigenvalue weighted by Gasteiger charge is -2.38. The van der Waals surface area contributed by atoms with Crippen molar-refractivity contribution >= 4 is 5.69 Å². The van der Waals surface area contributed by atoms with Gasteiger partial charge in [-0.15, -0.1) is 0 Å². The van der Waals surface area contributed by atoms with Gasteiger partial charge in [-0.25, -0.2) is 0 Å². The summed E-state index contributed by atoms with van der Waals surface area (Å²) >= 11 is 0. The lowest BCUT2D eigenvalue weighted by Crippen LogP contribution is -2.50. The number of methoxy groups -OCH3 is 2. The number of hydrogen-bond acceptors (Lipinski definition) is 9. The minimum Gasteiger partial charge on any atom is -0.497 e. The van der Waals surface area contributed by atoms with Gasteiger partial charge in [0.1, 0.15) is 24.7 Å². The molecule has 5 rings (SSSR count). The van der Waals surface area contributed by atoms with E-state index in [9.17, 15) is 0 Å². The Hall–Kier alpha value is -2.84. The zero-order valence-corrected chi connectivity index (χ0v) is 25.0. The maximum Gasteiger partial charge on any atom is 0.142 e. The van der Waals surface area contributed by atoms with Gasteiger partial charge in [0.05, 0.1) is 57.9 Å². The third-order valence-electron chi connectivity index (χ3n) is 8.12. The Morgan fingerprint density at radius 3 is 2.52 bits per heavy atom. The Kier molecular flexibility index (Phi) is 11.8. The van der Waals surface area contributed by atoms with Gasteiger partial charge in [0.25, 0.3) is 0 Å². The zero-order valence-electron chi connectivity index (χ0n) is 25.0. The summed E-state index contributed by atoms with van der Waals surface area (Å²) in [5, 5.41) is 3.54. The number of piperidine rings is 1. The van der Waals surface area contributed by atoms with E-state index in [0.717, 1.165) is 94.8 Å². The highest BCUT2D eigenvalue weighted by Crippen LogP contribution is 2.35. The van der Waals surface area contributed by atoms with Crippen LogP contribution < -0.4 is 19.7 Å². The van der Waals surface area contributed by atoms with Gasteiger partial charge >= 0.3 is 0 Å². The van der Waals surface area contributed by atoms with Gasteiger partial charge in [0.15, 0.2) is 0 Å². The molecule has 0 spiro atoms. The molecule has 0 bridgehead atoms. The van der Waals surface area contributed by atoms with Crippen LogP contribution in [0, 0.1) is 11.8 Å². The summed E-state index contributed by atoms with van der Waals surface area (Å²) in [6.07, 6.45) is 0.846. The molecule has 2 aromatic rings. The Balaban J connectivity index is 1.25. The van der Waals surface area contributed by atoms with Gasteiger partial charge in [-0.3, -0.25) is 4.90 Å². The van der Waals surface area contributed by atoms with E-state index in [1.54, 1.807) is 14.2 Å². The van der Waals surface area contributed by atoms with Gasteiger partial charge in [0, 0.05) is 52.4 Å². The first-order valence-electron chi connectivity index (χ1n) is 15.1. The highest BCUT2D eigenvalue weighted by atomic mass is 16.5. The number of fused-ring (bicyclic) bond motifs is 1. The molecule has 0 aromatic heterocycles. The van der Waals surface area contributed by atoms with Crippen molar-refractivity contribution in [3.8, 4) is 23.3 Å². The Labute approximate surface area is 250 Å². The highest BCUT2D eigenvalue weighted by molar-refractivity contribution is 5.61. The minimum atomic E-state index is -0.0666. The van der Waals surface area contributed by atoms with Crippen LogP contribution in [0.15, 0.2) is 42.5 Å². The molecule has 9 heteroatoms. The van der Waals surface area contributed by atoms with Crippen molar-refractivity contribution in [2.24, 2.45) is 0 Å². The molecule has 0 amide bonds. The molecule has 1 unspecified atom stereocenters. The Morgan fingerprint density at radius 2 is 1.74 bits per heavy atom. The van der Waals surface area contributed by atoms with Crippen LogP contribution in [-0.4, -0.2) is 110 Å². The van der Waals surface area contributed by atoms with E-state index in [1.807, 2.05) is 12.1 Å². The molecule has 228 valence electrons. The van der Waals surface area contributed by atoms with Crippen LogP contribution in [0.5, 0.6) is 11.5 Å². The average Bonchev–Trinajstić information content (AvgIpc) is 3.04. The summed E-state index contributed by atoms with van der Waals surface area (Å²) < 4.78 is 35.1. The molecule has 3 atom stereocenters. The summed E-state index contributed by atoms with van der Waals surface area (Å²) in [6, 6.07) is 14.6. The van der Waals surface area contributed by atoms with Crippen molar-refractivity contribution in [3.05, 3.63) is 53.6 Å². The van der Waals surface area contributed by atoms with Crippen LogP contribution in [0.2, 0.25) is 0 Å². The van der Waals surface area contributed by atoms with E-state index < -0.39 is 0 Å². The number of ether oxygens (including phenoxy) is 6. The lowest BCUT2D eigenvalue weighted by molar-refractivity contribution is -0.0529. The van der Waals surface area contributed by atoms with Crippen LogP contribution in [-0.2, 0) is 25.6 Å². The summed E-state index contributed by atoms with van der Waals surface area (Å²) in [6.45, 7) is 9.83. The quantitative estimate of drug-likeness (QED) is 0.302. The molecule has 1 N–H and O–H groups in total. The molecule has 2 saturated heterocycles. The molecule has 2 fully saturated rings. The number of anilines is 1. The normalized spacial score (nSPS) is 22.5. The Morgan fingerprint density at radius 1 is 0.929 bits per heavy atom. The second-order valence-electron chi connectivity index (χ2n) is 10.9. The van der Waals surface area contributed by atoms with Gasteiger partial charge < -0.3 is 38.6 Å². The number of nitrogens with one attached hydrogen (secondary N) is 1. The topological polar surface area (TPSA) is 73.9 Å². The summed E-state index contributed by atoms with van der Waals surface area (Å²) in [4.78, 5) is 4.70. The fraction of sp³-hybridized carbons (Fsp3) is 0.576. The molecule has 0 radical (unpaired) electrons. The second-order valence-corrected chi connectivity index (χ2v) is 10.9. The lowest BCUT2D eigenvalue weighted by atomic mass is 9.85. The van der Waals surface area contributed by atoms with E-state index in [4.69, 9.17) is 28.4 Å². The maximum absolute atomic E-state index is 6.65. The molecule has 42 heavy (non-hydrogen) atoms. The molecule has 2 aromatic carbocycles. The fourth-order valence-corrected chi connectivity index (χ4v) is 5.81. The number of morpholine rings is 1. The van der Waals surface area contributed by atoms with Gasteiger partial charge in [-0.1, -0.05) is 30.0 Å². The van der Waals surface area contributed by atoms with Crippen LogP contribution >= 0.6 is 0 Å². The monoisotopic (exact) mass is 579 g/mol. The first kappa shape index (κ1) is 30.6. The van der Waals surface area contributed by atoms with E-state index in [1.165, 1.54) is 5.56 Å². The SMILES string of the molecule is COCCCN1CCOc2ccc(CO[C@H]3CNC[C@@H](OCC#CCN4CCOCC4)C3c3ccc(OC)cc3)cc21. The predicted octanol–water partition coefficient (Wildman–Crippen LogP) is 2.92. The number of benzene rings is 2. The first-order valence-corrected chi connectivity index (χ1v) is 15.1. The third-order valence-corrected chi connectivity index (χ3v) is 8.12. The summed E-state index contributed by atoms with van der Waals surface area (Å²) in [5.41, 5.74) is 3.43. The predicted molar refractivity (Wildman–Crippen MR) is 163 cm³/mol. The molecule has 9 nitrogen and oxygen atoms in total. The molecule has 0 saturated carbocycles. The van der Waals surface area contributed by atoms with E-state index >= 15 is 0 Å². The third kappa shape index (κ3) is 8.38. The second kappa shape index (κ2) is 16.1. The zero-order chi connectivity index (χ0) is 29.0. The molecular weight excluding hydrogens is 534 g/mol. The van der Waals surface area contributed by atoms with Gasteiger partial charge in [0.2, 0.25) is 0 Å². The standard InChI is InChI=1S/C33H45N3O6/c1-37-17-5-13-36-16-21-41-30-11-6-26(22-29(30)36)25-42-32-24-34-23-31(33(32)27-7-9-28(38-2)10-8-27)40-18-4-3-12-35-14-19-39-20-15-35/h6-11,22,31-34H,5,12-21,23-25H2,1-2H3/t31-,32+,33?/m1/s1.